The van der Waals surface area contributed by atoms with Crippen LogP contribution in [0, 0.1) is 0 Å². The van der Waals surface area contributed by atoms with Gasteiger partial charge in [0.15, 0.2) is 0 Å². The van der Waals surface area contributed by atoms with Crippen molar-refractivity contribution in [2.45, 2.75) is 56.7 Å². The highest BCUT2D eigenvalue weighted by atomic mass is 35.5. The molecule has 1 spiro atoms. The normalized spacial score (nSPS) is 19.9. The molecule has 1 aliphatic heterocycles. The molecule has 1 amide bonds. The van der Waals surface area contributed by atoms with Crippen LogP contribution in [0.25, 0.3) is 0 Å². The zero-order valence-corrected chi connectivity index (χ0v) is 19.8. The maximum atomic E-state index is 13.0. The molecule has 32 heavy (non-hydrogen) atoms. The van der Waals surface area contributed by atoms with Crippen molar-refractivity contribution in [1.29, 1.82) is 0 Å². The van der Waals surface area contributed by atoms with E-state index >= 15 is 0 Å². The molecule has 0 saturated heterocycles. The first-order valence-electron chi connectivity index (χ1n) is 11.0. The van der Waals surface area contributed by atoms with Gasteiger partial charge in [0.1, 0.15) is 11.4 Å². The fourth-order valence-electron chi connectivity index (χ4n) is 4.76. The van der Waals surface area contributed by atoms with Crippen molar-refractivity contribution in [2.24, 2.45) is 0 Å². The number of sulfonamides is 1. The van der Waals surface area contributed by atoms with Crippen LogP contribution in [0.1, 0.15) is 55.7 Å². The van der Waals surface area contributed by atoms with Crippen molar-refractivity contribution < 1.29 is 17.9 Å². The largest absolute Gasteiger partial charge is 0.487 e. The zero-order chi connectivity index (χ0) is 22.8. The summed E-state index contributed by atoms with van der Waals surface area (Å²) in [5.41, 5.74) is 1.33. The molecular weight excluding hydrogens is 448 g/mol. The van der Waals surface area contributed by atoms with Gasteiger partial charge in [-0.3, -0.25) is 4.79 Å². The van der Waals surface area contributed by atoms with E-state index in [1.165, 1.54) is 6.42 Å². The van der Waals surface area contributed by atoms with Gasteiger partial charge in [0.05, 0.1) is 18.8 Å². The van der Waals surface area contributed by atoms with E-state index in [0.29, 0.717) is 17.0 Å². The third-order valence-electron chi connectivity index (χ3n) is 6.39. The highest BCUT2D eigenvalue weighted by Crippen LogP contribution is 2.46. The monoisotopic (exact) mass is 476 g/mol. The van der Waals surface area contributed by atoms with Crippen LogP contribution in [0.3, 0.4) is 0 Å². The summed E-state index contributed by atoms with van der Waals surface area (Å²) in [6, 6.07) is 14.6. The number of benzene rings is 2. The Balaban J connectivity index is 1.52. The maximum absolute atomic E-state index is 13.0. The molecule has 2 aromatic carbocycles. The Labute approximate surface area is 195 Å². The van der Waals surface area contributed by atoms with Gasteiger partial charge in [-0.15, -0.1) is 0 Å². The molecule has 1 atom stereocenters. The average Bonchev–Trinajstić information content (AvgIpc) is 2.74. The number of nitrogens with zero attached hydrogens (tertiary/aromatic N) is 1. The average molecular weight is 477 g/mol. The fraction of sp³-hybridized carbons (Fsp3) is 0.458. The van der Waals surface area contributed by atoms with Gasteiger partial charge in [-0.25, -0.2) is 8.42 Å². The van der Waals surface area contributed by atoms with E-state index in [1.807, 2.05) is 24.3 Å². The summed E-state index contributed by atoms with van der Waals surface area (Å²) in [4.78, 5) is 13.0. The number of rotatable bonds is 6. The molecule has 0 bridgehead atoms. The number of hydrogen-bond donors (Lipinski definition) is 1. The molecule has 0 radical (unpaired) electrons. The van der Waals surface area contributed by atoms with Crippen molar-refractivity contribution in [3.8, 4) is 5.75 Å². The second kappa shape index (κ2) is 9.41. The summed E-state index contributed by atoms with van der Waals surface area (Å²) in [5.74, 6) is 0.470. The summed E-state index contributed by atoms with van der Waals surface area (Å²) >= 11 is 6.21. The third kappa shape index (κ3) is 5.27. The van der Waals surface area contributed by atoms with Gasteiger partial charge in [-0.1, -0.05) is 54.4 Å². The van der Waals surface area contributed by atoms with Gasteiger partial charge < -0.3 is 10.1 Å². The van der Waals surface area contributed by atoms with E-state index in [4.69, 9.17) is 16.3 Å². The first-order chi connectivity index (χ1) is 15.3. The molecule has 2 aliphatic rings. The van der Waals surface area contributed by atoms with Crippen LogP contribution in [0.15, 0.2) is 48.5 Å². The number of ether oxygens (including phenoxy) is 1. The Morgan fingerprint density at radius 2 is 1.81 bits per heavy atom. The fourth-order valence-corrected chi connectivity index (χ4v) is 5.68. The van der Waals surface area contributed by atoms with Gasteiger partial charge in [-0.05, 0) is 43.4 Å². The van der Waals surface area contributed by atoms with E-state index < -0.39 is 10.0 Å². The topological polar surface area (TPSA) is 75.7 Å². The number of para-hydroxylation sites is 1. The van der Waals surface area contributed by atoms with Crippen LogP contribution in [-0.2, 0) is 21.4 Å². The van der Waals surface area contributed by atoms with Gasteiger partial charge in [0, 0.05) is 23.6 Å². The summed E-state index contributed by atoms with van der Waals surface area (Å²) < 4.78 is 32.4. The van der Waals surface area contributed by atoms with Crippen LogP contribution < -0.4 is 10.1 Å². The number of carbonyl (C=O) groups excluding carboxylic acids is 1. The minimum atomic E-state index is -3.61. The highest BCUT2D eigenvalue weighted by molar-refractivity contribution is 7.88. The molecule has 8 heteroatoms. The van der Waals surface area contributed by atoms with Crippen molar-refractivity contribution in [2.75, 3.05) is 12.8 Å². The Kier molecular flexibility index (Phi) is 6.79. The first-order valence-corrected chi connectivity index (χ1v) is 13.2. The van der Waals surface area contributed by atoms with Gasteiger partial charge in [0.2, 0.25) is 15.9 Å². The summed E-state index contributed by atoms with van der Waals surface area (Å²) in [7, 11) is -3.61. The Morgan fingerprint density at radius 1 is 1.12 bits per heavy atom. The SMILES string of the molecule is CS(=O)(=O)N(CC(=O)N[C@@H]1CC2(CCCCC2)Oc2ccccc21)Cc1ccccc1Cl. The van der Waals surface area contributed by atoms with Gasteiger partial charge >= 0.3 is 0 Å². The molecule has 0 aromatic heterocycles. The second-order valence-corrected chi connectivity index (χ2v) is 11.2. The lowest BCUT2D eigenvalue weighted by atomic mass is 9.77. The molecule has 2 aromatic rings. The quantitative estimate of drug-likeness (QED) is 0.668. The lowest BCUT2D eigenvalue weighted by Gasteiger charge is -2.44. The van der Waals surface area contributed by atoms with Crippen molar-refractivity contribution in [1.82, 2.24) is 9.62 Å². The van der Waals surface area contributed by atoms with Crippen molar-refractivity contribution >= 4 is 27.5 Å². The van der Waals surface area contributed by atoms with Crippen LogP contribution in [0.4, 0.5) is 0 Å². The summed E-state index contributed by atoms with van der Waals surface area (Å²) in [5, 5.41) is 3.56. The van der Waals surface area contributed by atoms with Gasteiger partial charge in [-0.2, -0.15) is 4.31 Å². The lowest BCUT2D eigenvalue weighted by molar-refractivity contribution is -0.123. The minimum Gasteiger partial charge on any atom is -0.487 e. The molecule has 1 saturated carbocycles. The Hall–Kier alpha value is -2.09. The number of amides is 1. The molecule has 4 rings (SSSR count). The molecule has 172 valence electrons. The molecule has 1 N–H and O–H groups in total. The Morgan fingerprint density at radius 3 is 2.53 bits per heavy atom. The van der Waals surface area contributed by atoms with E-state index in [9.17, 15) is 13.2 Å². The number of halogens is 1. The van der Waals surface area contributed by atoms with Crippen molar-refractivity contribution in [3.63, 3.8) is 0 Å². The molecule has 6 nitrogen and oxygen atoms in total. The van der Waals surface area contributed by atoms with E-state index in [2.05, 4.69) is 5.32 Å². The van der Waals surface area contributed by atoms with Gasteiger partial charge in [0.25, 0.3) is 0 Å². The predicted molar refractivity (Wildman–Crippen MR) is 125 cm³/mol. The minimum absolute atomic E-state index is 0.0419. The van der Waals surface area contributed by atoms with E-state index in [1.54, 1.807) is 24.3 Å². The van der Waals surface area contributed by atoms with Crippen LogP contribution in [0.2, 0.25) is 5.02 Å². The number of nitrogens with one attached hydrogen (secondary N) is 1. The van der Waals surface area contributed by atoms with E-state index in [0.717, 1.165) is 47.6 Å². The lowest BCUT2D eigenvalue weighted by Crippen LogP contribution is -2.48. The summed E-state index contributed by atoms with van der Waals surface area (Å²) in [6.07, 6.45) is 7.17. The van der Waals surface area contributed by atoms with Crippen LogP contribution in [0.5, 0.6) is 5.75 Å². The van der Waals surface area contributed by atoms with E-state index in [-0.39, 0.29) is 30.6 Å². The standard InChI is InChI=1S/C24H29ClN2O4S/c1-32(29,30)27(16-18-9-3-5-11-20(18)25)17-23(28)26-21-15-24(13-7-2-8-14-24)31-22-12-6-4-10-19(21)22/h3-6,9-12,21H,2,7-8,13-17H2,1H3,(H,26,28)/t21-/m1/s1. The smallest absolute Gasteiger partial charge is 0.235 e. The zero-order valence-electron chi connectivity index (χ0n) is 18.2. The molecular formula is C24H29ClN2O4S. The first kappa shape index (κ1) is 23.1. The maximum Gasteiger partial charge on any atom is 0.235 e. The third-order valence-corrected chi connectivity index (χ3v) is 7.96. The molecule has 1 heterocycles. The summed E-state index contributed by atoms with van der Waals surface area (Å²) in [6.45, 7) is -0.225. The molecule has 1 fully saturated rings. The number of fused-ring (bicyclic) bond motifs is 1. The number of hydrogen-bond acceptors (Lipinski definition) is 4. The van der Waals surface area contributed by atoms with Crippen LogP contribution >= 0.6 is 11.6 Å². The van der Waals surface area contributed by atoms with Crippen molar-refractivity contribution in [3.05, 3.63) is 64.7 Å². The predicted octanol–water partition coefficient (Wildman–Crippen LogP) is 4.44. The molecule has 1 aliphatic carbocycles. The second-order valence-electron chi connectivity index (χ2n) is 8.83. The highest BCUT2D eigenvalue weighted by Gasteiger charge is 2.42. The number of carbonyl (C=O) groups is 1. The molecule has 0 unspecified atom stereocenters. The Bertz CT molecular complexity index is 1080. The van der Waals surface area contributed by atoms with Crippen LogP contribution in [-0.4, -0.2) is 37.0 Å².